The van der Waals surface area contributed by atoms with Crippen LogP contribution < -0.4 is 5.32 Å². The number of ether oxygens (including phenoxy) is 1. The topological polar surface area (TPSA) is 47.0 Å². The van der Waals surface area contributed by atoms with Crippen LogP contribution in [0, 0.1) is 0 Å². The van der Waals surface area contributed by atoms with Crippen LogP contribution in [0.5, 0.6) is 0 Å². The van der Waals surface area contributed by atoms with Gasteiger partial charge in [0, 0.05) is 13.7 Å². The van der Waals surface area contributed by atoms with Gasteiger partial charge in [-0.05, 0) is 17.9 Å². The van der Waals surface area contributed by atoms with Gasteiger partial charge < -0.3 is 10.1 Å². The highest BCUT2D eigenvalue weighted by Crippen LogP contribution is 2.24. The summed E-state index contributed by atoms with van der Waals surface area (Å²) in [7, 11) is 1.66. The second kappa shape index (κ2) is 6.14. The van der Waals surface area contributed by atoms with Gasteiger partial charge in [0.2, 0.25) is 0 Å². The first kappa shape index (κ1) is 12.5. The predicted octanol–water partition coefficient (Wildman–Crippen LogP) is 2.75. The number of thiophene rings is 1. The maximum Gasteiger partial charge on any atom is 0.147 e. The molecule has 0 aliphatic rings. The van der Waals surface area contributed by atoms with E-state index in [1.807, 2.05) is 11.4 Å². The van der Waals surface area contributed by atoms with Gasteiger partial charge in [-0.15, -0.1) is 22.9 Å². The standard InChI is InChI=1S/C11H14ClN3OS/c1-16-6-8(12)2-4-13-11-10-9(3-5-17-10)14-7-15-11/h3,5,7-8H,2,4,6H2,1H3,(H,13,14,15). The summed E-state index contributed by atoms with van der Waals surface area (Å²) in [5, 5.41) is 5.33. The highest BCUT2D eigenvalue weighted by atomic mass is 35.5. The van der Waals surface area contributed by atoms with Crippen molar-refractivity contribution in [3.63, 3.8) is 0 Å². The lowest BCUT2D eigenvalue weighted by atomic mass is 10.3. The summed E-state index contributed by atoms with van der Waals surface area (Å²) in [4.78, 5) is 8.42. The van der Waals surface area contributed by atoms with Crippen LogP contribution in [-0.2, 0) is 4.74 Å². The third kappa shape index (κ3) is 3.28. The van der Waals surface area contributed by atoms with Gasteiger partial charge >= 0.3 is 0 Å². The summed E-state index contributed by atoms with van der Waals surface area (Å²) in [5.74, 6) is 0.881. The van der Waals surface area contributed by atoms with Gasteiger partial charge in [-0.1, -0.05) is 0 Å². The second-order valence-corrected chi connectivity index (χ2v) is 5.16. The number of nitrogens with zero attached hydrogens (tertiary/aromatic N) is 2. The number of methoxy groups -OCH3 is 1. The van der Waals surface area contributed by atoms with Crippen molar-refractivity contribution in [2.75, 3.05) is 25.6 Å². The van der Waals surface area contributed by atoms with Gasteiger partial charge in [0.25, 0.3) is 0 Å². The van der Waals surface area contributed by atoms with Crippen LogP contribution in [-0.4, -0.2) is 35.6 Å². The molecule has 1 unspecified atom stereocenters. The highest BCUT2D eigenvalue weighted by molar-refractivity contribution is 7.17. The van der Waals surface area contributed by atoms with E-state index in [0.29, 0.717) is 6.61 Å². The molecule has 0 saturated heterocycles. The van der Waals surface area contributed by atoms with Gasteiger partial charge in [-0.25, -0.2) is 9.97 Å². The summed E-state index contributed by atoms with van der Waals surface area (Å²) in [6.07, 6.45) is 2.41. The molecule has 0 aliphatic heterocycles. The Morgan fingerprint density at radius 3 is 3.24 bits per heavy atom. The lowest BCUT2D eigenvalue weighted by molar-refractivity contribution is 0.196. The first-order valence-corrected chi connectivity index (χ1v) is 6.68. The van der Waals surface area contributed by atoms with E-state index in [0.717, 1.165) is 29.0 Å². The minimum Gasteiger partial charge on any atom is -0.383 e. The van der Waals surface area contributed by atoms with E-state index >= 15 is 0 Å². The van der Waals surface area contributed by atoms with Crippen molar-refractivity contribution in [2.24, 2.45) is 0 Å². The molecule has 2 aromatic rings. The third-order valence-corrected chi connectivity index (χ3v) is 3.60. The molecule has 2 heterocycles. The van der Waals surface area contributed by atoms with E-state index in [2.05, 4.69) is 15.3 Å². The van der Waals surface area contributed by atoms with E-state index in [9.17, 15) is 0 Å². The van der Waals surface area contributed by atoms with Gasteiger partial charge in [-0.3, -0.25) is 0 Å². The fourth-order valence-corrected chi connectivity index (χ4v) is 2.57. The minimum atomic E-state index is 0.0353. The number of hydrogen-bond acceptors (Lipinski definition) is 5. The summed E-state index contributed by atoms with van der Waals surface area (Å²) >= 11 is 7.69. The molecule has 17 heavy (non-hydrogen) atoms. The molecule has 1 atom stereocenters. The first-order valence-electron chi connectivity index (χ1n) is 5.36. The van der Waals surface area contributed by atoms with Crippen molar-refractivity contribution >= 4 is 39.0 Å². The molecule has 0 fully saturated rings. The molecule has 2 aromatic heterocycles. The summed E-state index contributed by atoms with van der Waals surface area (Å²) in [5.41, 5.74) is 0.979. The lowest BCUT2D eigenvalue weighted by Gasteiger charge is -2.09. The van der Waals surface area contributed by atoms with Crippen LogP contribution in [0.2, 0.25) is 0 Å². The van der Waals surface area contributed by atoms with Crippen LogP contribution in [0.3, 0.4) is 0 Å². The Labute approximate surface area is 109 Å². The van der Waals surface area contributed by atoms with Crippen molar-refractivity contribution in [2.45, 2.75) is 11.8 Å². The Balaban J connectivity index is 1.92. The average Bonchev–Trinajstić information content (AvgIpc) is 2.78. The predicted molar refractivity (Wildman–Crippen MR) is 72.0 cm³/mol. The number of rotatable bonds is 6. The minimum absolute atomic E-state index is 0.0353. The molecule has 1 N–H and O–H groups in total. The van der Waals surface area contributed by atoms with Crippen LogP contribution >= 0.6 is 22.9 Å². The molecule has 0 amide bonds. The van der Waals surface area contributed by atoms with E-state index in [1.54, 1.807) is 24.8 Å². The number of aromatic nitrogens is 2. The van der Waals surface area contributed by atoms with E-state index in [4.69, 9.17) is 16.3 Å². The summed E-state index contributed by atoms with van der Waals surface area (Å²) in [6.45, 7) is 1.35. The first-order chi connectivity index (χ1) is 8.31. The maximum atomic E-state index is 6.05. The average molecular weight is 272 g/mol. The lowest BCUT2D eigenvalue weighted by Crippen LogP contribution is -2.14. The molecule has 6 heteroatoms. The molecule has 0 bridgehead atoms. The second-order valence-electron chi connectivity index (χ2n) is 3.63. The Morgan fingerprint density at radius 1 is 1.53 bits per heavy atom. The van der Waals surface area contributed by atoms with Crippen molar-refractivity contribution < 1.29 is 4.74 Å². The number of alkyl halides is 1. The molecule has 92 valence electrons. The molecule has 2 rings (SSSR count). The molecule has 0 aromatic carbocycles. The number of anilines is 1. The number of fused-ring (bicyclic) bond motifs is 1. The largest absolute Gasteiger partial charge is 0.383 e. The number of nitrogens with one attached hydrogen (secondary N) is 1. The normalized spacial score (nSPS) is 12.8. The molecule has 0 spiro atoms. The fraction of sp³-hybridized carbons (Fsp3) is 0.455. The van der Waals surface area contributed by atoms with E-state index in [1.165, 1.54) is 0 Å². The van der Waals surface area contributed by atoms with Crippen LogP contribution in [0.1, 0.15) is 6.42 Å². The summed E-state index contributed by atoms with van der Waals surface area (Å²) in [6, 6.07) is 1.99. The third-order valence-electron chi connectivity index (χ3n) is 2.34. The highest BCUT2D eigenvalue weighted by Gasteiger charge is 2.06. The van der Waals surface area contributed by atoms with Gasteiger partial charge in [-0.2, -0.15) is 0 Å². The quantitative estimate of drug-likeness (QED) is 0.821. The zero-order chi connectivity index (χ0) is 12.1. The molecule has 4 nitrogen and oxygen atoms in total. The zero-order valence-electron chi connectivity index (χ0n) is 9.52. The van der Waals surface area contributed by atoms with Crippen LogP contribution in [0.4, 0.5) is 5.82 Å². The van der Waals surface area contributed by atoms with Gasteiger partial charge in [0.05, 0.1) is 22.2 Å². The Hall–Kier alpha value is -0.910. The fourth-order valence-electron chi connectivity index (χ4n) is 1.53. The molecule has 0 radical (unpaired) electrons. The molecule has 0 aliphatic carbocycles. The SMILES string of the molecule is COCC(Cl)CCNc1ncnc2ccsc12. The Morgan fingerprint density at radius 2 is 2.41 bits per heavy atom. The number of hydrogen-bond donors (Lipinski definition) is 1. The van der Waals surface area contributed by atoms with Gasteiger partial charge in [0.1, 0.15) is 12.1 Å². The number of halogens is 1. The smallest absolute Gasteiger partial charge is 0.147 e. The van der Waals surface area contributed by atoms with Crippen molar-refractivity contribution in [1.82, 2.24) is 9.97 Å². The van der Waals surface area contributed by atoms with Crippen molar-refractivity contribution in [3.05, 3.63) is 17.8 Å². The van der Waals surface area contributed by atoms with Crippen molar-refractivity contribution in [3.8, 4) is 0 Å². The van der Waals surface area contributed by atoms with Crippen LogP contribution in [0.15, 0.2) is 17.8 Å². The van der Waals surface area contributed by atoms with Gasteiger partial charge in [0.15, 0.2) is 0 Å². The Kier molecular flexibility index (Phi) is 4.53. The monoisotopic (exact) mass is 271 g/mol. The maximum absolute atomic E-state index is 6.05. The van der Waals surface area contributed by atoms with Crippen molar-refractivity contribution in [1.29, 1.82) is 0 Å². The zero-order valence-corrected chi connectivity index (χ0v) is 11.1. The van der Waals surface area contributed by atoms with E-state index < -0.39 is 0 Å². The summed E-state index contributed by atoms with van der Waals surface area (Å²) < 4.78 is 6.07. The van der Waals surface area contributed by atoms with E-state index in [-0.39, 0.29) is 5.38 Å². The molecular weight excluding hydrogens is 258 g/mol. The van der Waals surface area contributed by atoms with Crippen LogP contribution in [0.25, 0.3) is 10.2 Å². The Bertz CT molecular complexity index is 476. The molecule has 0 saturated carbocycles. The molecular formula is C11H14ClN3OS.